The molecule has 0 radical (unpaired) electrons. The van der Waals surface area contributed by atoms with Crippen LogP contribution in [0.3, 0.4) is 0 Å². The average molecular weight is 247 g/mol. The SMILES string of the molecule is CC1(C)C(=O)C(C)(C)C1=S=Nc1ccccc1. The Morgan fingerprint density at radius 3 is 2.06 bits per heavy atom. The highest BCUT2D eigenvalue weighted by atomic mass is 32.1. The van der Waals surface area contributed by atoms with Crippen molar-refractivity contribution in [2.24, 2.45) is 15.2 Å². The van der Waals surface area contributed by atoms with E-state index in [-0.39, 0.29) is 10.8 Å². The van der Waals surface area contributed by atoms with E-state index in [2.05, 4.69) is 4.36 Å². The molecular formula is C14H17NOS. The zero-order chi connectivity index (χ0) is 12.7. The molecule has 3 heteroatoms. The van der Waals surface area contributed by atoms with E-state index in [1.165, 1.54) is 11.1 Å². The van der Waals surface area contributed by atoms with Gasteiger partial charge >= 0.3 is 0 Å². The maximum absolute atomic E-state index is 12.0. The molecule has 1 aliphatic carbocycles. The van der Waals surface area contributed by atoms with Gasteiger partial charge in [-0.3, -0.25) is 4.79 Å². The summed E-state index contributed by atoms with van der Waals surface area (Å²) in [6, 6.07) is 9.83. The molecule has 2 rings (SSSR count). The van der Waals surface area contributed by atoms with Crippen molar-refractivity contribution in [2.45, 2.75) is 27.7 Å². The standard InChI is InChI=1S/C14H17NOS/c1-13(2)11(16)14(3,4)12(13)17-15-10-8-6-5-7-9-10/h5-9H,1-4H3. The summed E-state index contributed by atoms with van der Waals surface area (Å²) in [6.45, 7) is 7.90. The summed E-state index contributed by atoms with van der Waals surface area (Å²) < 4.78 is 4.48. The van der Waals surface area contributed by atoms with Crippen molar-refractivity contribution in [2.75, 3.05) is 0 Å². The van der Waals surface area contributed by atoms with E-state index in [1.54, 1.807) is 0 Å². The predicted molar refractivity (Wildman–Crippen MR) is 73.5 cm³/mol. The van der Waals surface area contributed by atoms with Crippen molar-refractivity contribution < 1.29 is 4.79 Å². The Kier molecular flexibility index (Phi) is 2.82. The molecule has 0 aliphatic heterocycles. The molecule has 2 nitrogen and oxygen atoms in total. The lowest BCUT2D eigenvalue weighted by Crippen LogP contribution is -2.61. The van der Waals surface area contributed by atoms with Crippen molar-refractivity contribution in [1.29, 1.82) is 0 Å². The van der Waals surface area contributed by atoms with Gasteiger partial charge in [0.05, 0.1) is 16.5 Å². The molecule has 1 saturated carbocycles. The molecule has 0 amide bonds. The average Bonchev–Trinajstić information content (AvgIpc) is 2.29. The van der Waals surface area contributed by atoms with Crippen LogP contribution in [0.1, 0.15) is 27.7 Å². The van der Waals surface area contributed by atoms with Gasteiger partial charge in [0.15, 0.2) is 5.78 Å². The van der Waals surface area contributed by atoms with Crippen LogP contribution in [0.4, 0.5) is 5.69 Å². The van der Waals surface area contributed by atoms with Gasteiger partial charge < -0.3 is 0 Å². The van der Waals surface area contributed by atoms with Crippen LogP contribution in [0.25, 0.3) is 0 Å². The van der Waals surface area contributed by atoms with E-state index < -0.39 is 0 Å². The number of nitrogens with zero attached hydrogens (tertiary/aromatic N) is 1. The number of benzene rings is 1. The summed E-state index contributed by atoms with van der Waals surface area (Å²) in [5.74, 6) is 0.302. The Bertz CT molecular complexity index is 502. The molecule has 1 aromatic carbocycles. The van der Waals surface area contributed by atoms with Crippen LogP contribution in [0.5, 0.6) is 0 Å². The Hall–Kier alpha value is -1.22. The van der Waals surface area contributed by atoms with Crippen molar-refractivity contribution in [3.05, 3.63) is 30.3 Å². The molecule has 0 spiro atoms. The van der Waals surface area contributed by atoms with Gasteiger partial charge in [0.25, 0.3) is 0 Å². The van der Waals surface area contributed by atoms with Crippen LogP contribution < -0.4 is 0 Å². The van der Waals surface area contributed by atoms with E-state index in [4.69, 9.17) is 0 Å². The summed E-state index contributed by atoms with van der Waals surface area (Å²) in [5, 5.41) is 0. The van der Waals surface area contributed by atoms with Gasteiger partial charge in [0.1, 0.15) is 0 Å². The number of hydrogen-bond acceptors (Lipinski definition) is 2. The molecule has 0 saturated heterocycles. The monoisotopic (exact) mass is 247 g/mol. The second-order valence-electron chi connectivity index (χ2n) is 5.43. The van der Waals surface area contributed by atoms with Crippen LogP contribution >= 0.6 is 0 Å². The molecule has 90 valence electrons. The van der Waals surface area contributed by atoms with Crippen molar-refractivity contribution in [3.8, 4) is 0 Å². The fourth-order valence-electron chi connectivity index (χ4n) is 2.52. The number of carbonyl (C=O) groups excluding carboxylic acids is 1. The first-order valence-corrected chi connectivity index (χ1v) is 6.50. The van der Waals surface area contributed by atoms with Gasteiger partial charge in [-0.15, -0.1) is 0 Å². The first-order valence-electron chi connectivity index (χ1n) is 5.73. The number of hydrogen-bond donors (Lipinski definition) is 0. The van der Waals surface area contributed by atoms with Crippen molar-refractivity contribution in [3.63, 3.8) is 0 Å². The number of Topliss-reactive ketones (excluding diaryl/α,β-unsaturated/α-hetero) is 1. The maximum Gasteiger partial charge on any atom is 0.153 e. The lowest BCUT2D eigenvalue weighted by Gasteiger charge is -2.48. The molecule has 17 heavy (non-hydrogen) atoms. The topological polar surface area (TPSA) is 29.4 Å². The van der Waals surface area contributed by atoms with Gasteiger partial charge in [-0.1, -0.05) is 18.2 Å². The fourth-order valence-corrected chi connectivity index (χ4v) is 3.48. The Morgan fingerprint density at radius 2 is 1.53 bits per heavy atom. The fraction of sp³-hybridized carbons (Fsp3) is 0.429. The van der Waals surface area contributed by atoms with Crippen LogP contribution in [0.2, 0.25) is 0 Å². The first kappa shape index (κ1) is 12.2. The van der Waals surface area contributed by atoms with Crippen LogP contribution in [0, 0.1) is 10.8 Å². The maximum atomic E-state index is 12.0. The highest BCUT2D eigenvalue weighted by molar-refractivity contribution is 7.69. The Morgan fingerprint density at radius 1 is 1.00 bits per heavy atom. The van der Waals surface area contributed by atoms with E-state index in [9.17, 15) is 4.79 Å². The first-order chi connectivity index (χ1) is 7.87. The largest absolute Gasteiger partial charge is 0.298 e. The molecule has 0 bridgehead atoms. The Balaban J connectivity index is 2.41. The van der Waals surface area contributed by atoms with Gasteiger partial charge in [0, 0.05) is 4.86 Å². The zero-order valence-corrected chi connectivity index (χ0v) is 11.5. The lowest BCUT2D eigenvalue weighted by atomic mass is 9.55. The van der Waals surface area contributed by atoms with Crippen LogP contribution in [-0.4, -0.2) is 10.6 Å². The van der Waals surface area contributed by atoms with Crippen LogP contribution in [0.15, 0.2) is 34.7 Å². The second kappa shape index (κ2) is 3.91. The van der Waals surface area contributed by atoms with Crippen molar-refractivity contribution in [1.82, 2.24) is 0 Å². The van der Waals surface area contributed by atoms with E-state index >= 15 is 0 Å². The molecular weight excluding hydrogens is 230 g/mol. The number of rotatable bonds is 1. The predicted octanol–water partition coefficient (Wildman–Crippen LogP) is 3.39. The zero-order valence-electron chi connectivity index (χ0n) is 10.7. The van der Waals surface area contributed by atoms with Gasteiger partial charge in [0.2, 0.25) is 0 Å². The van der Waals surface area contributed by atoms with Crippen molar-refractivity contribution >= 4 is 27.5 Å². The van der Waals surface area contributed by atoms with E-state index in [1.807, 2.05) is 58.0 Å². The molecule has 1 aliphatic rings. The summed E-state index contributed by atoms with van der Waals surface area (Å²) in [4.78, 5) is 13.1. The highest BCUT2D eigenvalue weighted by Crippen LogP contribution is 2.46. The molecule has 1 aromatic rings. The summed E-state index contributed by atoms with van der Waals surface area (Å²) >= 11 is 1.45. The van der Waals surface area contributed by atoms with Crippen LogP contribution in [-0.2, 0) is 15.9 Å². The lowest BCUT2D eigenvalue weighted by molar-refractivity contribution is -0.134. The minimum Gasteiger partial charge on any atom is -0.298 e. The number of ketones is 1. The van der Waals surface area contributed by atoms with E-state index in [0.29, 0.717) is 5.78 Å². The molecule has 1 fully saturated rings. The molecule has 0 atom stereocenters. The highest BCUT2D eigenvalue weighted by Gasteiger charge is 2.57. The van der Waals surface area contributed by atoms with Gasteiger partial charge in [-0.05, 0) is 51.0 Å². The smallest absolute Gasteiger partial charge is 0.153 e. The molecule has 0 N–H and O–H groups in total. The van der Waals surface area contributed by atoms with E-state index in [0.717, 1.165) is 10.6 Å². The third-order valence-corrected chi connectivity index (χ3v) is 4.77. The third-order valence-electron chi connectivity index (χ3n) is 3.27. The summed E-state index contributed by atoms with van der Waals surface area (Å²) in [7, 11) is 0. The van der Waals surface area contributed by atoms with Gasteiger partial charge in [-0.25, -0.2) is 0 Å². The molecule has 0 unspecified atom stereocenters. The quantitative estimate of drug-likeness (QED) is 0.699. The molecule has 0 aromatic heterocycles. The summed E-state index contributed by atoms with van der Waals surface area (Å²) in [6.07, 6.45) is 0. The Labute approximate surface area is 106 Å². The second-order valence-corrected chi connectivity index (χ2v) is 6.20. The minimum atomic E-state index is -0.341. The summed E-state index contributed by atoms with van der Waals surface area (Å²) in [5.41, 5.74) is 0.259. The number of carbonyl (C=O) groups is 1. The third kappa shape index (κ3) is 1.89. The normalized spacial score (nSPS) is 20.7. The molecule has 0 heterocycles. The minimum absolute atomic E-state index is 0.302. The van der Waals surface area contributed by atoms with Gasteiger partial charge in [-0.2, -0.15) is 4.36 Å².